The highest BCUT2D eigenvalue weighted by molar-refractivity contribution is 6.35. The van der Waals surface area contributed by atoms with Crippen molar-refractivity contribution in [1.82, 2.24) is 0 Å². The number of hydrogen-bond acceptors (Lipinski definition) is 5. The molecular weight excluding hydrogens is 160 g/mol. The Labute approximate surface area is 71.5 Å². The zero-order chi connectivity index (χ0) is 9.40. The second-order valence-electron chi connectivity index (χ2n) is 2.02. The van der Waals surface area contributed by atoms with E-state index in [4.69, 9.17) is 5.73 Å². The van der Waals surface area contributed by atoms with Gasteiger partial charge in [0.15, 0.2) is 5.71 Å². The van der Waals surface area contributed by atoms with Gasteiger partial charge in [-0.3, -0.25) is 0 Å². The molecule has 0 aliphatic carbocycles. The van der Waals surface area contributed by atoms with Gasteiger partial charge in [-0.1, -0.05) is 5.16 Å². The molecule has 0 radical (unpaired) electrons. The van der Waals surface area contributed by atoms with Gasteiger partial charge in [-0.2, -0.15) is 0 Å². The highest BCUT2D eigenvalue weighted by Gasteiger charge is 2.05. The smallest absolute Gasteiger partial charge is 0.355 e. The number of carbonyl (C=O) groups excluding carboxylic acids is 1. The predicted molar refractivity (Wildman–Crippen MR) is 44.7 cm³/mol. The van der Waals surface area contributed by atoms with Crippen LogP contribution in [0.3, 0.4) is 0 Å². The summed E-state index contributed by atoms with van der Waals surface area (Å²) in [6, 6.07) is 0. The van der Waals surface area contributed by atoms with Gasteiger partial charge in [-0.05, 0) is 13.8 Å². The van der Waals surface area contributed by atoms with Crippen LogP contribution in [0.5, 0.6) is 0 Å². The molecule has 0 amide bonds. The summed E-state index contributed by atoms with van der Waals surface area (Å²) < 4.78 is 4.65. The maximum atomic E-state index is 10.9. The van der Waals surface area contributed by atoms with Gasteiger partial charge in [0.25, 0.3) is 0 Å². The standard InChI is InChI=1S/C7H14N2O3/c1-3-11-7(10)6(2)9-12-5-4-8/h3-5,8H2,1-2H3/b9-6-. The molecule has 2 N–H and O–H groups in total. The Balaban J connectivity index is 3.74. The van der Waals surface area contributed by atoms with Crippen LogP contribution in [-0.2, 0) is 14.4 Å². The van der Waals surface area contributed by atoms with E-state index in [1.807, 2.05) is 0 Å². The van der Waals surface area contributed by atoms with Gasteiger partial charge in [0.2, 0.25) is 0 Å². The zero-order valence-corrected chi connectivity index (χ0v) is 7.37. The van der Waals surface area contributed by atoms with Crippen LogP contribution in [0.4, 0.5) is 0 Å². The molecule has 0 saturated heterocycles. The molecule has 5 heteroatoms. The maximum absolute atomic E-state index is 10.9. The summed E-state index contributed by atoms with van der Waals surface area (Å²) in [6.07, 6.45) is 0. The topological polar surface area (TPSA) is 73.9 Å². The van der Waals surface area contributed by atoms with Crippen LogP contribution < -0.4 is 5.73 Å². The van der Waals surface area contributed by atoms with E-state index in [-0.39, 0.29) is 5.71 Å². The van der Waals surface area contributed by atoms with Crippen molar-refractivity contribution in [1.29, 1.82) is 0 Å². The number of nitrogens with zero attached hydrogens (tertiary/aromatic N) is 1. The minimum atomic E-state index is -0.463. The summed E-state index contributed by atoms with van der Waals surface area (Å²) in [5, 5.41) is 3.49. The minimum Gasteiger partial charge on any atom is -0.461 e. The molecule has 12 heavy (non-hydrogen) atoms. The molecule has 70 valence electrons. The van der Waals surface area contributed by atoms with Crippen LogP contribution in [0.1, 0.15) is 13.8 Å². The van der Waals surface area contributed by atoms with Gasteiger partial charge < -0.3 is 15.3 Å². The maximum Gasteiger partial charge on any atom is 0.355 e. The Kier molecular flexibility index (Phi) is 6.00. The summed E-state index contributed by atoms with van der Waals surface area (Å²) >= 11 is 0. The Morgan fingerprint density at radius 3 is 2.75 bits per heavy atom. The van der Waals surface area contributed by atoms with Crippen molar-refractivity contribution >= 4 is 11.7 Å². The van der Waals surface area contributed by atoms with Crippen molar-refractivity contribution in [3.63, 3.8) is 0 Å². The fourth-order valence-corrected chi connectivity index (χ4v) is 0.468. The highest BCUT2D eigenvalue weighted by Crippen LogP contribution is 1.85. The van der Waals surface area contributed by atoms with E-state index < -0.39 is 5.97 Å². The normalized spacial score (nSPS) is 11.1. The van der Waals surface area contributed by atoms with Crippen molar-refractivity contribution in [3.05, 3.63) is 0 Å². The number of hydrogen-bond donors (Lipinski definition) is 1. The van der Waals surface area contributed by atoms with E-state index >= 15 is 0 Å². The van der Waals surface area contributed by atoms with Gasteiger partial charge in [0, 0.05) is 6.54 Å². The Morgan fingerprint density at radius 2 is 2.25 bits per heavy atom. The molecule has 5 nitrogen and oxygen atoms in total. The summed E-state index contributed by atoms with van der Waals surface area (Å²) in [7, 11) is 0. The highest BCUT2D eigenvalue weighted by atomic mass is 16.6. The molecule has 0 spiro atoms. The molecule has 0 fully saturated rings. The van der Waals surface area contributed by atoms with Crippen LogP contribution in [0.2, 0.25) is 0 Å². The molecule has 0 rings (SSSR count). The second-order valence-corrected chi connectivity index (χ2v) is 2.02. The van der Waals surface area contributed by atoms with E-state index in [0.29, 0.717) is 19.8 Å². The lowest BCUT2D eigenvalue weighted by Gasteiger charge is -2.00. The fourth-order valence-electron chi connectivity index (χ4n) is 0.468. The Morgan fingerprint density at radius 1 is 1.58 bits per heavy atom. The van der Waals surface area contributed by atoms with E-state index in [9.17, 15) is 4.79 Å². The monoisotopic (exact) mass is 174 g/mol. The van der Waals surface area contributed by atoms with Crippen LogP contribution in [0.25, 0.3) is 0 Å². The second kappa shape index (κ2) is 6.60. The van der Waals surface area contributed by atoms with Crippen LogP contribution >= 0.6 is 0 Å². The zero-order valence-electron chi connectivity index (χ0n) is 7.37. The molecule has 0 heterocycles. The average Bonchev–Trinajstić information content (AvgIpc) is 2.05. The van der Waals surface area contributed by atoms with E-state index in [1.54, 1.807) is 6.92 Å². The van der Waals surface area contributed by atoms with Gasteiger partial charge in [0.1, 0.15) is 6.61 Å². The fraction of sp³-hybridized carbons (Fsp3) is 0.714. The summed E-state index contributed by atoms with van der Waals surface area (Å²) in [4.78, 5) is 15.5. The third-order valence-electron chi connectivity index (χ3n) is 0.981. The first-order chi connectivity index (χ1) is 5.72. The van der Waals surface area contributed by atoms with E-state index in [1.165, 1.54) is 6.92 Å². The van der Waals surface area contributed by atoms with Crippen LogP contribution in [0.15, 0.2) is 5.16 Å². The number of oxime groups is 1. The number of carbonyl (C=O) groups is 1. The molecular formula is C7H14N2O3. The number of ether oxygens (including phenoxy) is 1. The lowest BCUT2D eigenvalue weighted by molar-refractivity contribution is -0.135. The summed E-state index contributed by atoms with van der Waals surface area (Å²) in [5.74, 6) is -0.463. The van der Waals surface area contributed by atoms with Crippen molar-refractivity contribution in [3.8, 4) is 0 Å². The van der Waals surface area contributed by atoms with Crippen molar-refractivity contribution in [2.75, 3.05) is 19.8 Å². The van der Waals surface area contributed by atoms with Crippen LogP contribution in [-0.4, -0.2) is 31.4 Å². The van der Waals surface area contributed by atoms with Crippen molar-refractivity contribution in [2.24, 2.45) is 10.9 Å². The quantitative estimate of drug-likeness (QED) is 0.273. The Bertz CT molecular complexity index is 168. The summed E-state index contributed by atoms with van der Waals surface area (Å²) in [6.45, 7) is 4.26. The summed E-state index contributed by atoms with van der Waals surface area (Å²) in [5.41, 5.74) is 5.34. The van der Waals surface area contributed by atoms with Gasteiger partial charge in [0.05, 0.1) is 6.61 Å². The minimum absolute atomic E-state index is 0.199. The molecule has 0 saturated carbocycles. The SMILES string of the molecule is CCOC(=O)/C(C)=N\OCCN. The Hall–Kier alpha value is -1.10. The predicted octanol–water partition coefficient (Wildman–Crippen LogP) is -0.0993. The van der Waals surface area contributed by atoms with E-state index in [0.717, 1.165) is 0 Å². The number of rotatable bonds is 5. The van der Waals surface area contributed by atoms with Gasteiger partial charge >= 0.3 is 5.97 Å². The molecule has 0 atom stereocenters. The largest absolute Gasteiger partial charge is 0.461 e. The van der Waals surface area contributed by atoms with Crippen molar-refractivity contribution in [2.45, 2.75) is 13.8 Å². The van der Waals surface area contributed by atoms with Crippen molar-refractivity contribution < 1.29 is 14.4 Å². The lowest BCUT2D eigenvalue weighted by Crippen LogP contribution is -2.15. The van der Waals surface area contributed by atoms with Gasteiger partial charge in [-0.15, -0.1) is 0 Å². The first kappa shape index (κ1) is 10.9. The molecule has 0 aromatic rings. The third kappa shape index (κ3) is 4.68. The molecule has 0 aromatic carbocycles. The lowest BCUT2D eigenvalue weighted by atomic mass is 10.4. The molecule has 0 bridgehead atoms. The third-order valence-corrected chi connectivity index (χ3v) is 0.981. The molecule has 0 aliphatic rings. The van der Waals surface area contributed by atoms with E-state index in [2.05, 4.69) is 14.7 Å². The van der Waals surface area contributed by atoms with Crippen LogP contribution in [0, 0.1) is 0 Å². The average molecular weight is 174 g/mol. The number of nitrogens with two attached hydrogens (primary N) is 1. The molecule has 0 aliphatic heterocycles. The first-order valence-corrected chi connectivity index (χ1v) is 3.76. The molecule has 0 unspecified atom stereocenters. The first-order valence-electron chi connectivity index (χ1n) is 3.76. The number of esters is 1. The van der Waals surface area contributed by atoms with Gasteiger partial charge in [-0.25, -0.2) is 4.79 Å². The molecule has 0 aromatic heterocycles.